The number of rotatable bonds is 6. The highest BCUT2D eigenvalue weighted by atomic mass is 35.5. The second-order valence-electron chi connectivity index (χ2n) is 4.30. The molecule has 0 aliphatic rings. The van der Waals surface area contributed by atoms with E-state index in [1.807, 2.05) is 6.92 Å². The van der Waals surface area contributed by atoms with Crippen LogP contribution in [0.25, 0.3) is 0 Å². The quantitative estimate of drug-likeness (QED) is 0.838. The van der Waals surface area contributed by atoms with Crippen LogP contribution in [0.3, 0.4) is 0 Å². The fourth-order valence-corrected chi connectivity index (χ4v) is 2.09. The second-order valence-corrected chi connectivity index (χ2v) is 5.40. The average Bonchev–Trinajstić information content (AvgIpc) is 2.75. The van der Waals surface area contributed by atoms with Gasteiger partial charge in [0.05, 0.1) is 12.6 Å². The van der Waals surface area contributed by atoms with Gasteiger partial charge in [0.2, 0.25) is 5.91 Å². The van der Waals surface area contributed by atoms with Crippen LogP contribution >= 0.6 is 23.7 Å². The molecule has 0 bridgehead atoms. The molecule has 0 aromatic carbocycles. The van der Waals surface area contributed by atoms with E-state index >= 15 is 0 Å². The summed E-state index contributed by atoms with van der Waals surface area (Å²) in [6.07, 6.45) is 1.62. The maximum atomic E-state index is 11.6. The van der Waals surface area contributed by atoms with E-state index in [4.69, 9.17) is 5.73 Å². The largest absolute Gasteiger partial charge is 0.348 e. The summed E-state index contributed by atoms with van der Waals surface area (Å²) in [4.78, 5) is 11.6. The van der Waals surface area contributed by atoms with Crippen LogP contribution in [-0.4, -0.2) is 22.1 Å². The van der Waals surface area contributed by atoms with Crippen LogP contribution in [0.1, 0.15) is 49.5 Å². The van der Waals surface area contributed by atoms with Gasteiger partial charge >= 0.3 is 0 Å². The fraction of sp³-hybridized carbons (Fsp3) is 0.727. The van der Waals surface area contributed by atoms with E-state index in [-0.39, 0.29) is 18.3 Å². The van der Waals surface area contributed by atoms with E-state index in [9.17, 15) is 4.79 Å². The molecule has 0 fully saturated rings. The zero-order chi connectivity index (χ0) is 12.8. The Bertz CT molecular complexity index is 370. The molecule has 7 heteroatoms. The van der Waals surface area contributed by atoms with Gasteiger partial charge in [-0.25, -0.2) is 0 Å². The molecule has 1 aromatic rings. The van der Waals surface area contributed by atoms with Crippen molar-refractivity contribution in [3.8, 4) is 0 Å². The van der Waals surface area contributed by atoms with E-state index in [2.05, 4.69) is 29.4 Å². The lowest BCUT2D eigenvalue weighted by molar-refractivity contribution is -0.122. The van der Waals surface area contributed by atoms with Crippen molar-refractivity contribution < 1.29 is 4.79 Å². The predicted molar refractivity (Wildman–Crippen MR) is 76.0 cm³/mol. The van der Waals surface area contributed by atoms with E-state index in [1.165, 1.54) is 11.3 Å². The van der Waals surface area contributed by atoms with E-state index in [0.29, 0.717) is 18.9 Å². The van der Waals surface area contributed by atoms with Crippen molar-refractivity contribution in [1.82, 2.24) is 15.5 Å². The van der Waals surface area contributed by atoms with Gasteiger partial charge in [-0.15, -0.1) is 22.6 Å². The molecule has 5 nitrogen and oxygen atoms in total. The number of carbonyl (C=O) groups excluding carboxylic acids is 1. The van der Waals surface area contributed by atoms with Gasteiger partial charge in [0.25, 0.3) is 0 Å². The molecule has 1 aromatic heterocycles. The van der Waals surface area contributed by atoms with Crippen molar-refractivity contribution >= 4 is 29.7 Å². The van der Waals surface area contributed by atoms with Gasteiger partial charge in [-0.05, 0) is 6.42 Å². The van der Waals surface area contributed by atoms with Gasteiger partial charge in [0.1, 0.15) is 10.0 Å². The fourth-order valence-electron chi connectivity index (χ4n) is 1.31. The minimum absolute atomic E-state index is 0. The molecule has 3 N–H and O–H groups in total. The van der Waals surface area contributed by atoms with E-state index in [0.717, 1.165) is 16.4 Å². The Morgan fingerprint density at radius 2 is 2.11 bits per heavy atom. The molecule has 1 atom stereocenters. The van der Waals surface area contributed by atoms with Crippen LogP contribution < -0.4 is 11.1 Å². The second kappa shape index (κ2) is 8.39. The van der Waals surface area contributed by atoms with Gasteiger partial charge in [0.15, 0.2) is 0 Å². The Morgan fingerprint density at radius 1 is 1.44 bits per heavy atom. The third kappa shape index (κ3) is 5.29. The highest BCUT2D eigenvalue weighted by Crippen LogP contribution is 2.18. The van der Waals surface area contributed by atoms with E-state index < -0.39 is 6.04 Å². The molecule has 1 amide bonds. The van der Waals surface area contributed by atoms with Crippen LogP contribution in [0.5, 0.6) is 0 Å². The van der Waals surface area contributed by atoms with Gasteiger partial charge in [-0.3, -0.25) is 4.79 Å². The number of nitrogens with zero attached hydrogens (tertiary/aromatic N) is 2. The summed E-state index contributed by atoms with van der Waals surface area (Å²) in [5.74, 6) is 0.257. The molecule has 1 unspecified atom stereocenters. The number of carbonyl (C=O) groups is 1. The lowest BCUT2D eigenvalue weighted by atomic mass is 10.2. The molecule has 104 valence electrons. The molecule has 0 aliphatic heterocycles. The van der Waals surface area contributed by atoms with Gasteiger partial charge < -0.3 is 11.1 Å². The molecule has 0 radical (unpaired) electrons. The number of hydrogen-bond donors (Lipinski definition) is 2. The van der Waals surface area contributed by atoms with Crippen molar-refractivity contribution in [1.29, 1.82) is 0 Å². The molecule has 0 saturated heterocycles. The van der Waals surface area contributed by atoms with Gasteiger partial charge in [0, 0.05) is 5.92 Å². The van der Waals surface area contributed by atoms with E-state index in [1.54, 1.807) is 0 Å². The minimum Gasteiger partial charge on any atom is -0.348 e. The Hall–Kier alpha value is -0.720. The predicted octanol–water partition coefficient (Wildman–Crippen LogP) is 1.83. The first-order valence-electron chi connectivity index (χ1n) is 5.90. The standard InChI is InChI=1S/C11H20N4OS.ClH/c1-4-5-8(12)10(16)13-6-9-14-15-11(17-9)7(2)3;/h7-8H,4-6,12H2,1-3H3,(H,13,16);1H. The topological polar surface area (TPSA) is 80.9 Å². The summed E-state index contributed by atoms with van der Waals surface area (Å²) in [5, 5.41) is 12.7. The molecule has 0 spiro atoms. The highest BCUT2D eigenvalue weighted by Gasteiger charge is 2.13. The summed E-state index contributed by atoms with van der Waals surface area (Å²) < 4.78 is 0. The summed E-state index contributed by atoms with van der Waals surface area (Å²) in [6.45, 7) is 6.56. The molecule has 0 aliphatic carbocycles. The summed E-state index contributed by atoms with van der Waals surface area (Å²) in [7, 11) is 0. The van der Waals surface area contributed by atoms with Crippen molar-refractivity contribution in [3.05, 3.63) is 10.0 Å². The molecule has 18 heavy (non-hydrogen) atoms. The summed E-state index contributed by atoms with van der Waals surface area (Å²) >= 11 is 1.53. The Morgan fingerprint density at radius 3 is 2.61 bits per heavy atom. The Balaban J connectivity index is 0.00000289. The summed E-state index contributed by atoms with van der Waals surface area (Å²) in [6, 6.07) is -0.419. The lowest BCUT2D eigenvalue weighted by Gasteiger charge is -2.09. The number of amides is 1. The smallest absolute Gasteiger partial charge is 0.237 e. The third-order valence-electron chi connectivity index (χ3n) is 2.33. The number of hydrogen-bond acceptors (Lipinski definition) is 5. The molecule has 1 rings (SSSR count). The van der Waals surface area contributed by atoms with Crippen molar-refractivity contribution in [2.24, 2.45) is 5.73 Å². The lowest BCUT2D eigenvalue weighted by Crippen LogP contribution is -2.40. The average molecular weight is 293 g/mol. The van der Waals surface area contributed by atoms with Crippen LogP contribution in [0.4, 0.5) is 0 Å². The molecular weight excluding hydrogens is 272 g/mol. The van der Waals surface area contributed by atoms with Gasteiger partial charge in [-0.2, -0.15) is 0 Å². The van der Waals surface area contributed by atoms with Crippen molar-refractivity contribution in [2.45, 2.75) is 52.1 Å². The van der Waals surface area contributed by atoms with Crippen molar-refractivity contribution in [3.63, 3.8) is 0 Å². The third-order valence-corrected chi connectivity index (χ3v) is 3.55. The number of nitrogens with one attached hydrogen (secondary N) is 1. The first kappa shape index (κ1) is 17.3. The zero-order valence-corrected chi connectivity index (χ0v) is 12.6. The SMILES string of the molecule is CCCC(N)C(=O)NCc1nnc(C(C)C)s1.Cl. The van der Waals surface area contributed by atoms with Crippen molar-refractivity contribution in [2.75, 3.05) is 0 Å². The van der Waals surface area contributed by atoms with Crippen LogP contribution in [-0.2, 0) is 11.3 Å². The highest BCUT2D eigenvalue weighted by molar-refractivity contribution is 7.11. The number of nitrogens with two attached hydrogens (primary N) is 1. The van der Waals surface area contributed by atoms with Gasteiger partial charge in [-0.1, -0.05) is 38.5 Å². The normalized spacial score (nSPS) is 12.1. The number of halogens is 1. The van der Waals surface area contributed by atoms with Crippen LogP contribution in [0, 0.1) is 0 Å². The van der Waals surface area contributed by atoms with Crippen LogP contribution in [0.15, 0.2) is 0 Å². The molecule has 1 heterocycles. The first-order valence-corrected chi connectivity index (χ1v) is 6.71. The monoisotopic (exact) mass is 292 g/mol. The molecular formula is C11H21ClN4OS. The number of aromatic nitrogens is 2. The summed E-state index contributed by atoms with van der Waals surface area (Å²) in [5.41, 5.74) is 5.70. The minimum atomic E-state index is -0.419. The Labute approximate surface area is 118 Å². The zero-order valence-electron chi connectivity index (χ0n) is 11.0. The molecule has 0 saturated carbocycles. The van der Waals surface area contributed by atoms with Crippen LogP contribution in [0.2, 0.25) is 0 Å². The maximum absolute atomic E-state index is 11.6. The first-order chi connectivity index (χ1) is 8.04. The Kier molecular flexibility index (Phi) is 8.06. The maximum Gasteiger partial charge on any atom is 0.237 e.